The summed E-state index contributed by atoms with van der Waals surface area (Å²) in [5.41, 5.74) is 3.11. The van der Waals surface area contributed by atoms with Gasteiger partial charge < -0.3 is 5.32 Å². The number of hydrogen-bond donors (Lipinski definition) is 1. The van der Waals surface area contributed by atoms with Gasteiger partial charge in [-0.3, -0.25) is 4.79 Å². The van der Waals surface area contributed by atoms with E-state index in [9.17, 15) is 13.6 Å². The number of nitrogens with zero attached hydrogens (tertiary/aromatic N) is 6. The number of nitrogens with one attached hydrogen (secondary N) is 1. The minimum atomic E-state index is -0.811. The molecule has 4 aromatic rings. The summed E-state index contributed by atoms with van der Waals surface area (Å²) in [7, 11) is 0. The van der Waals surface area contributed by atoms with E-state index in [1.165, 1.54) is 12.4 Å². The first-order valence-electron chi connectivity index (χ1n) is 8.90. The zero-order valence-corrected chi connectivity index (χ0v) is 15.7. The Hall–Kier alpha value is -3.69. The van der Waals surface area contributed by atoms with E-state index in [1.807, 2.05) is 13.8 Å². The van der Waals surface area contributed by atoms with Crippen LogP contribution in [0.1, 0.15) is 23.4 Å². The van der Waals surface area contributed by atoms with Crippen molar-refractivity contribution in [2.75, 3.05) is 5.32 Å². The molecule has 3 heterocycles. The van der Waals surface area contributed by atoms with Gasteiger partial charge in [0.2, 0.25) is 5.91 Å². The smallest absolute Gasteiger partial charge is 0.224 e. The molecule has 8 nitrogen and oxygen atoms in total. The largest absolute Gasteiger partial charge is 0.324 e. The van der Waals surface area contributed by atoms with Crippen LogP contribution in [-0.2, 0) is 11.2 Å². The van der Waals surface area contributed by atoms with Crippen molar-refractivity contribution in [1.29, 1.82) is 0 Å². The van der Waals surface area contributed by atoms with Crippen LogP contribution in [0, 0.1) is 25.5 Å². The summed E-state index contributed by atoms with van der Waals surface area (Å²) in [6.07, 6.45) is 2.05. The van der Waals surface area contributed by atoms with Gasteiger partial charge in [-0.1, -0.05) is 0 Å². The van der Waals surface area contributed by atoms with E-state index in [0.717, 1.165) is 29.1 Å². The van der Waals surface area contributed by atoms with E-state index in [4.69, 9.17) is 0 Å². The third-order valence-electron chi connectivity index (χ3n) is 4.61. The van der Waals surface area contributed by atoms with Gasteiger partial charge in [0, 0.05) is 18.2 Å². The fourth-order valence-corrected chi connectivity index (χ4v) is 3.13. The fraction of sp³-hybridized carbons (Fsp3) is 0.211. The normalized spacial score (nSPS) is 11.2. The van der Waals surface area contributed by atoms with Crippen molar-refractivity contribution in [3.63, 3.8) is 0 Å². The average molecular weight is 397 g/mol. The molecule has 10 heteroatoms. The number of amides is 1. The number of rotatable bonds is 5. The number of aryl methyl sites for hydroxylation is 1. The van der Waals surface area contributed by atoms with Crippen LogP contribution in [0.15, 0.2) is 36.7 Å². The summed E-state index contributed by atoms with van der Waals surface area (Å²) in [5, 5.41) is 19.1. The second-order valence-electron chi connectivity index (χ2n) is 6.56. The van der Waals surface area contributed by atoms with Gasteiger partial charge in [0.15, 0.2) is 11.5 Å². The lowest BCUT2D eigenvalue weighted by molar-refractivity contribution is -0.116. The van der Waals surface area contributed by atoms with Crippen LogP contribution < -0.4 is 5.32 Å². The van der Waals surface area contributed by atoms with Crippen LogP contribution in [0.25, 0.3) is 11.5 Å². The third kappa shape index (κ3) is 3.68. The van der Waals surface area contributed by atoms with Gasteiger partial charge in [0.05, 0.1) is 11.4 Å². The van der Waals surface area contributed by atoms with Gasteiger partial charge in [-0.2, -0.15) is 9.61 Å². The van der Waals surface area contributed by atoms with E-state index in [1.54, 1.807) is 21.3 Å². The average Bonchev–Trinajstić information content (AvgIpc) is 3.26. The molecule has 4 rings (SSSR count). The van der Waals surface area contributed by atoms with Crippen LogP contribution in [-0.4, -0.2) is 35.5 Å². The van der Waals surface area contributed by atoms with Gasteiger partial charge in [-0.15, -0.1) is 15.3 Å². The first kappa shape index (κ1) is 18.7. The summed E-state index contributed by atoms with van der Waals surface area (Å²) in [6.45, 7) is 3.75. The molecule has 0 unspecified atom stereocenters. The van der Waals surface area contributed by atoms with Crippen molar-refractivity contribution < 1.29 is 13.6 Å². The number of anilines is 1. The summed E-state index contributed by atoms with van der Waals surface area (Å²) < 4.78 is 29.9. The Morgan fingerprint density at radius 2 is 1.97 bits per heavy atom. The molecule has 29 heavy (non-hydrogen) atoms. The number of carbonyl (C=O) groups excluding carboxylic acids is 1. The van der Waals surface area contributed by atoms with Gasteiger partial charge in [0.1, 0.15) is 18.0 Å². The van der Waals surface area contributed by atoms with Crippen molar-refractivity contribution in [1.82, 2.24) is 29.6 Å². The summed E-state index contributed by atoms with van der Waals surface area (Å²) in [4.78, 5) is 12.2. The van der Waals surface area contributed by atoms with Crippen molar-refractivity contribution in [3.05, 3.63) is 65.2 Å². The second-order valence-corrected chi connectivity index (χ2v) is 6.56. The molecule has 0 aliphatic heterocycles. The Morgan fingerprint density at radius 3 is 2.76 bits per heavy atom. The van der Waals surface area contributed by atoms with Crippen LogP contribution in [0.5, 0.6) is 0 Å². The molecule has 1 amide bonds. The quantitative estimate of drug-likeness (QED) is 0.559. The van der Waals surface area contributed by atoms with E-state index in [2.05, 4.69) is 25.7 Å². The van der Waals surface area contributed by atoms with Crippen molar-refractivity contribution in [2.45, 2.75) is 26.7 Å². The molecule has 0 atom stereocenters. The summed E-state index contributed by atoms with van der Waals surface area (Å²) in [5.74, 6) is -1.28. The second kappa shape index (κ2) is 7.38. The molecule has 0 bridgehead atoms. The van der Waals surface area contributed by atoms with Crippen molar-refractivity contribution in [3.8, 4) is 5.82 Å². The first-order chi connectivity index (χ1) is 13.9. The van der Waals surface area contributed by atoms with E-state index >= 15 is 0 Å². The topological polar surface area (TPSA) is 90.0 Å². The molecule has 0 aliphatic rings. The predicted molar refractivity (Wildman–Crippen MR) is 101 cm³/mol. The molecule has 0 spiro atoms. The lowest BCUT2D eigenvalue weighted by atomic mass is 10.1. The number of fused-ring (bicyclic) bond motifs is 1. The van der Waals surface area contributed by atoms with Crippen LogP contribution in [0.4, 0.5) is 14.5 Å². The summed E-state index contributed by atoms with van der Waals surface area (Å²) in [6, 6.07) is 6.60. The van der Waals surface area contributed by atoms with Crippen LogP contribution in [0.2, 0.25) is 0 Å². The Balaban J connectivity index is 1.50. The van der Waals surface area contributed by atoms with Crippen LogP contribution >= 0.6 is 0 Å². The standard InChI is InChI=1S/C19H17F2N7O/c1-11-14(4-8-19(29)23-16-5-3-13(20)9-15(16)21)12(2)28(25-11)18-7-6-17-24-22-10-27(17)26-18/h3,5-7,9-10H,4,8H2,1-2H3,(H,23,29). The molecule has 0 saturated heterocycles. The van der Waals surface area contributed by atoms with Gasteiger partial charge >= 0.3 is 0 Å². The lowest BCUT2D eigenvalue weighted by Crippen LogP contribution is -2.14. The van der Waals surface area contributed by atoms with Crippen molar-refractivity contribution >= 4 is 17.2 Å². The molecule has 148 valence electrons. The number of halogens is 2. The molecular weight excluding hydrogens is 380 g/mol. The minimum absolute atomic E-state index is 0.0491. The highest BCUT2D eigenvalue weighted by Crippen LogP contribution is 2.20. The third-order valence-corrected chi connectivity index (χ3v) is 4.61. The highest BCUT2D eigenvalue weighted by molar-refractivity contribution is 5.90. The van der Waals surface area contributed by atoms with Crippen LogP contribution in [0.3, 0.4) is 0 Å². The maximum atomic E-state index is 13.7. The first-order valence-corrected chi connectivity index (χ1v) is 8.90. The van der Waals surface area contributed by atoms with Crippen molar-refractivity contribution in [2.24, 2.45) is 0 Å². The fourth-order valence-electron chi connectivity index (χ4n) is 3.13. The number of benzene rings is 1. The molecular formula is C19H17F2N7O. The lowest BCUT2D eigenvalue weighted by Gasteiger charge is -2.07. The number of aromatic nitrogens is 6. The molecule has 0 saturated carbocycles. The predicted octanol–water partition coefficient (Wildman–Crippen LogP) is 2.78. The molecule has 0 fully saturated rings. The van der Waals surface area contributed by atoms with Gasteiger partial charge in [-0.25, -0.2) is 13.5 Å². The monoisotopic (exact) mass is 397 g/mol. The Morgan fingerprint density at radius 1 is 1.14 bits per heavy atom. The van der Waals surface area contributed by atoms with E-state index in [-0.39, 0.29) is 18.0 Å². The Bertz CT molecular complexity index is 1210. The zero-order valence-electron chi connectivity index (χ0n) is 15.7. The molecule has 0 radical (unpaired) electrons. The Kier molecular flexibility index (Phi) is 4.75. The molecule has 1 aromatic carbocycles. The van der Waals surface area contributed by atoms with E-state index < -0.39 is 11.6 Å². The highest BCUT2D eigenvalue weighted by Gasteiger charge is 2.16. The minimum Gasteiger partial charge on any atom is -0.324 e. The maximum absolute atomic E-state index is 13.7. The SMILES string of the molecule is Cc1nn(-c2ccc3nncn3n2)c(C)c1CCC(=O)Nc1ccc(F)cc1F. The molecule has 1 N–H and O–H groups in total. The highest BCUT2D eigenvalue weighted by atomic mass is 19.1. The Labute approximate surface area is 164 Å². The van der Waals surface area contributed by atoms with Gasteiger partial charge in [0.25, 0.3) is 0 Å². The maximum Gasteiger partial charge on any atom is 0.224 e. The molecule has 3 aromatic heterocycles. The zero-order chi connectivity index (χ0) is 20.5. The van der Waals surface area contributed by atoms with E-state index in [0.29, 0.717) is 17.9 Å². The molecule has 0 aliphatic carbocycles. The number of carbonyl (C=O) groups is 1. The van der Waals surface area contributed by atoms with Gasteiger partial charge in [-0.05, 0) is 50.1 Å². The summed E-state index contributed by atoms with van der Waals surface area (Å²) >= 11 is 0. The number of hydrogen-bond acceptors (Lipinski definition) is 5.